The van der Waals surface area contributed by atoms with E-state index >= 15 is 0 Å². The first-order valence-corrected chi connectivity index (χ1v) is 6.51. The minimum atomic E-state index is -0.0538. The number of aromatic amines is 1. The number of hydrogen-bond donors (Lipinski definition) is 2. The lowest BCUT2D eigenvalue weighted by Crippen LogP contribution is -2.34. The summed E-state index contributed by atoms with van der Waals surface area (Å²) in [5, 5.41) is 6.87. The van der Waals surface area contributed by atoms with Crippen molar-refractivity contribution >= 4 is 5.91 Å². The lowest BCUT2D eigenvalue weighted by molar-refractivity contribution is 0.0783. The highest BCUT2D eigenvalue weighted by Crippen LogP contribution is 2.07. The van der Waals surface area contributed by atoms with Gasteiger partial charge < -0.3 is 10.6 Å². The molecule has 5 nitrogen and oxygen atoms in total. The Hall–Kier alpha value is -1.36. The molecule has 0 saturated carbocycles. The van der Waals surface area contributed by atoms with E-state index in [0.29, 0.717) is 18.2 Å². The van der Waals surface area contributed by atoms with Crippen LogP contribution in [-0.4, -0.2) is 40.6 Å². The van der Waals surface area contributed by atoms with Gasteiger partial charge >= 0.3 is 0 Å². The molecule has 1 rings (SSSR count). The molecule has 0 bridgehead atoms. The SMILES string of the molecule is CCc1cc(C(=O)N(C)CCC(N)C(C)C)n[nH]1. The van der Waals surface area contributed by atoms with E-state index in [-0.39, 0.29) is 11.9 Å². The Morgan fingerprint density at radius 3 is 2.72 bits per heavy atom. The van der Waals surface area contributed by atoms with Crippen molar-refractivity contribution in [2.75, 3.05) is 13.6 Å². The Kier molecular flexibility index (Phi) is 5.34. The first-order chi connectivity index (χ1) is 8.45. The van der Waals surface area contributed by atoms with Crippen molar-refractivity contribution in [3.63, 3.8) is 0 Å². The van der Waals surface area contributed by atoms with Crippen LogP contribution in [0.15, 0.2) is 6.07 Å². The fourth-order valence-electron chi connectivity index (χ4n) is 1.63. The van der Waals surface area contributed by atoms with E-state index in [1.54, 1.807) is 18.0 Å². The number of aryl methyl sites for hydroxylation is 1. The molecule has 3 N–H and O–H groups in total. The number of nitrogens with one attached hydrogen (secondary N) is 1. The van der Waals surface area contributed by atoms with Crippen LogP contribution in [0, 0.1) is 5.92 Å². The quantitative estimate of drug-likeness (QED) is 0.804. The zero-order valence-electron chi connectivity index (χ0n) is 11.7. The van der Waals surface area contributed by atoms with Crippen LogP contribution in [-0.2, 0) is 6.42 Å². The summed E-state index contributed by atoms with van der Waals surface area (Å²) in [5.74, 6) is 0.382. The van der Waals surface area contributed by atoms with Gasteiger partial charge in [0, 0.05) is 25.3 Å². The van der Waals surface area contributed by atoms with Crippen molar-refractivity contribution < 1.29 is 4.79 Å². The zero-order chi connectivity index (χ0) is 13.7. The number of carbonyl (C=O) groups excluding carboxylic acids is 1. The summed E-state index contributed by atoms with van der Waals surface area (Å²) in [5.41, 5.74) is 7.43. The number of hydrogen-bond acceptors (Lipinski definition) is 3. The average Bonchev–Trinajstić information content (AvgIpc) is 2.82. The van der Waals surface area contributed by atoms with Crippen molar-refractivity contribution in [2.24, 2.45) is 11.7 Å². The minimum Gasteiger partial charge on any atom is -0.340 e. The first kappa shape index (κ1) is 14.7. The third kappa shape index (κ3) is 3.84. The largest absolute Gasteiger partial charge is 0.340 e. The molecule has 18 heavy (non-hydrogen) atoms. The highest BCUT2D eigenvalue weighted by atomic mass is 16.2. The van der Waals surface area contributed by atoms with Gasteiger partial charge in [-0.1, -0.05) is 20.8 Å². The number of amides is 1. The smallest absolute Gasteiger partial charge is 0.274 e. The molecule has 1 aromatic rings. The Labute approximate surface area is 109 Å². The molecule has 0 aliphatic heterocycles. The normalized spacial score (nSPS) is 12.8. The van der Waals surface area contributed by atoms with Gasteiger partial charge in [-0.3, -0.25) is 9.89 Å². The summed E-state index contributed by atoms with van der Waals surface area (Å²) in [6, 6.07) is 1.94. The third-order valence-corrected chi connectivity index (χ3v) is 3.23. The maximum atomic E-state index is 12.1. The Bertz CT molecular complexity index is 386. The number of H-pyrrole nitrogens is 1. The molecule has 0 saturated heterocycles. The van der Waals surface area contributed by atoms with E-state index in [9.17, 15) is 4.79 Å². The Balaban J connectivity index is 2.51. The van der Waals surface area contributed by atoms with Gasteiger partial charge in [0.2, 0.25) is 0 Å². The molecule has 0 aliphatic rings. The van der Waals surface area contributed by atoms with Crippen LogP contribution in [0.3, 0.4) is 0 Å². The summed E-state index contributed by atoms with van der Waals surface area (Å²) in [4.78, 5) is 13.7. The van der Waals surface area contributed by atoms with Gasteiger partial charge in [-0.25, -0.2) is 0 Å². The van der Waals surface area contributed by atoms with Crippen molar-refractivity contribution in [2.45, 2.75) is 39.7 Å². The van der Waals surface area contributed by atoms with Gasteiger partial charge in [0.05, 0.1) is 0 Å². The summed E-state index contributed by atoms with van der Waals surface area (Å²) < 4.78 is 0. The standard InChI is InChI=1S/C13H24N4O/c1-5-10-8-12(16-15-10)13(18)17(4)7-6-11(14)9(2)3/h8-9,11H,5-7,14H2,1-4H3,(H,15,16). The molecular formula is C13H24N4O. The molecule has 5 heteroatoms. The summed E-state index contributed by atoms with van der Waals surface area (Å²) in [7, 11) is 1.79. The lowest BCUT2D eigenvalue weighted by Gasteiger charge is -2.20. The number of nitrogens with zero attached hydrogens (tertiary/aromatic N) is 2. The maximum Gasteiger partial charge on any atom is 0.274 e. The van der Waals surface area contributed by atoms with Gasteiger partial charge in [0.15, 0.2) is 0 Å². The van der Waals surface area contributed by atoms with E-state index in [0.717, 1.165) is 18.5 Å². The van der Waals surface area contributed by atoms with Gasteiger partial charge in [-0.2, -0.15) is 5.10 Å². The molecule has 1 amide bonds. The second-order valence-electron chi connectivity index (χ2n) is 5.06. The number of nitrogens with two attached hydrogens (primary N) is 1. The van der Waals surface area contributed by atoms with Crippen LogP contribution >= 0.6 is 0 Å². The van der Waals surface area contributed by atoms with Crippen LogP contribution in [0.25, 0.3) is 0 Å². The molecule has 1 unspecified atom stereocenters. The van der Waals surface area contributed by atoms with Crippen LogP contribution in [0.2, 0.25) is 0 Å². The molecule has 0 aromatic carbocycles. The minimum absolute atomic E-state index is 0.0538. The van der Waals surface area contributed by atoms with Crippen molar-refractivity contribution in [3.05, 3.63) is 17.5 Å². The Morgan fingerprint density at radius 1 is 1.56 bits per heavy atom. The third-order valence-electron chi connectivity index (χ3n) is 3.23. The molecule has 1 heterocycles. The summed E-state index contributed by atoms with van der Waals surface area (Å²) in [6.45, 7) is 6.86. The molecule has 102 valence electrons. The molecule has 0 aliphatic carbocycles. The average molecular weight is 252 g/mol. The molecule has 0 spiro atoms. The molecular weight excluding hydrogens is 228 g/mol. The van der Waals surface area contributed by atoms with Crippen LogP contribution < -0.4 is 5.73 Å². The summed E-state index contributed by atoms with van der Waals surface area (Å²) in [6.07, 6.45) is 1.66. The highest BCUT2D eigenvalue weighted by molar-refractivity contribution is 5.92. The second kappa shape index (κ2) is 6.54. The predicted octanol–water partition coefficient (Wildman–Crippen LogP) is 1.42. The summed E-state index contributed by atoms with van der Waals surface area (Å²) >= 11 is 0. The van der Waals surface area contributed by atoms with Gasteiger partial charge in [-0.05, 0) is 24.8 Å². The first-order valence-electron chi connectivity index (χ1n) is 6.51. The van der Waals surface area contributed by atoms with Crippen molar-refractivity contribution in [1.82, 2.24) is 15.1 Å². The van der Waals surface area contributed by atoms with Crippen LogP contribution in [0.5, 0.6) is 0 Å². The van der Waals surface area contributed by atoms with Crippen molar-refractivity contribution in [1.29, 1.82) is 0 Å². The fourth-order valence-corrected chi connectivity index (χ4v) is 1.63. The fraction of sp³-hybridized carbons (Fsp3) is 0.692. The Morgan fingerprint density at radius 2 is 2.22 bits per heavy atom. The van der Waals surface area contributed by atoms with Gasteiger partial charge in [0.1, 0.15) is 5.69 Å². The lowest BCUT2D eigenvalue weighted by atomic mass is 10.0. The van der Waals surface area contributed by atoms with Gasteiger partial charge in [-0.15, -0.1) is 0 Å². The maximum absolute atomic E-state index is 12.1. The van der Waals surface area contributed by atoms with Crippen LogP contribution in [0.4, 0.5) is 0 Å². The van der Waals surface area contributed by atoms with E-state index in [1.807, 2.05) is 6.92 Å². The molecule has 1 aromatic heterocycles. The zero-order valence-corrected chi connectivity index (χ0v) is 11.7. The molecule has 0 radical (unpaired) electrons. The van der Waals surface area contributed by atoms with Crippen molar-refractivity contribution in [3.8, 4) is 0 Å². The van der Waals surface area contributed by atoms with E-state index in [1.165, 1.54) is 0 Å². The predicted molar refractivity (Wildman–Crippen MR) is 72.4 cm³/mol. The van der Waals surface area contributed by atoms with Crippen LogP contribution in [0.1, 0.15) is 43.4 Å². The highest BCUT2D eigenvalue weighted by Gasteiger charge is 2.16. The number of aromatic nitrogens is 2. The molecule has 0 fully saturated rings. The monoisotopic (exact) mass is 252 g/mol. The second-order valence-corrected chi connectivity index (χ2v) is 5.06. The van der Waals surface area contributed by atoms with E-state index in [4.69, 9.17) is 5.73 Å². The number of carbonyl (C=O) groups is 1. The number of rotatable bonds is 6. The molecule has 1 atom stereocenters. The topological polar surface area (TPSA) is 75.0 Å². The van der Waals surface area contributed by atoms with E-state index in [2.05, 4.69) is 24.0 Å². The van der Waals surface area contributed by atoms with Gasteiger partial charge in [0.25, 0.3) is 5.91 Å². The van der Waals surface area contributed by atoms with E-state index < -0.39 is 0 Å².